The van der Waals surface area contributed by atoms with Crippen molar-refractivity contribution < 1.29 is 4.79 Å². The van der Waals surface area contributed by atoms with E-state index in [9.17, 15) is 4.79 Å². The van der Waals surface area contributed by atoms with E-state index in [1.165, 1.54) is 12.8 Å². The molecular weight excluding hydrogens is 200 g/mol. The molecule has 1 amide bonds. The van der Waals surface area contributed by atoms with Gasteiger partial charge in [0.05, 0.1) is 6.42 Å². The van der Waals surface area contributed by atoms with Crippen LogP contribution in [0.15, 0.2) is 0 Å². The second kappa shape index (κ2) is 6.55. The van der Waals surface area contributed by atoms with Crippen molar-refractivity contribution in [3.8, 4) is 12.3 Å². The highest BCUT2D eigenvalue weighted by Gasteiger charge is 2.30. The first kappa shape index (κ1) is 13.1. The van der Waals surface area contributed by atoms with Crippen LogP contribution >= 0.6 is 0 Å². The van der Waals surface area contributed by atoms with Crippen LogP contribution < -0.4 is 5.73 Å². The summed E-state index contributed by atoms with van der Waals surface area (Å²) in [5, 5.41) is 0. The number of nitrogens with two attached hydrogens (primary N) is 1. The standard InChI is InChI=1S/C13H22N2O/c1-3-7-13(16)15(4-2)12-9-6-5-8-11(12)10-14/h1,11-12H,4-10,14H2,2H3. The number of hydrogen-bond donors (Lipinski definition) is 1. The van der Waals surface area contributed by atoms with Gasteiger partial charge >= 0.3 is 0 Å². The molecule has 2 unspecified atom stereocenters. The maximum Gasteiger partial charge on any atom is 0.234 e. The minimum atomic E-state index is 0.0790. The molecule has 1 aliphatic carbocycles. The Kier molecular flexibility index (Phi) is 5.34. The fourth-order valence-electron chi connectivity index (χ4n) is 2.66. The van der Waals surface area contributed by atoms with Crippen LogP contribution in [0, 0.1) is 18.3 Å². The maximum absolute atomic E-state index is 11.9. The summed E-state index contributed by atoms with van der Waals surface area (Å²) in [5.41, 5.74) is 5.78. The Balaban J connectivity index is 2.69. The van der Waals surface area contributed by atoms with Gasteiger partial charge in [-0.2, -0.15) is 0 Å². The summed E-state index contributed by atoms with van der Waals surface area (Å²) in [6.07, 6.45) is 10.1. The first-order chi connectivity index (χ1) is 7.74. The number of amides is 1. The third kappa shape index (κ3) is 2.99. The van der Waals surface area contributed by atoms with Gasteiger partial charge in [0.1, 0.15) is 0 Å². The molecule has 3 nitrogen and oxygen atoms in total. The smallest absolute Gasteiger partial charge is 0.234 e. The average Bonchev–Trinajstić information content (AvgIpc) is 2.31. The van der Waals surface area contributed by atoms with Crippen molar-refractivity contribution >= 4 is 5.91 Å². The first-order valence-corrected chi connectivity index (χ1v) is 6.17. The van der Waals surface area contributed by atoms with Crippen LogP contribution in [-0.4, -0.2) is 29.9 Å². The third-order valence-electron chi connectivity index (χ3n) is 3.49. The molecule has 3 heteroatoms. The van der Waals surface area contributed by atoms with Crippen LogP contribution in [0.5, 0.6) is 0 Å². The van der Waals surface area contributed by atoms with E-state index in [0.29, 0.717) is 18.5 Å². The molecule has 0 spiro atoms. The van der Waals surface area contributed by atoms with Gasteiger partial charge in [0.25, 0.3) is 0 Å². The molecule has 1 rings (SSSR count). The van der Waals surface area contributed by atoms with Crippen LogP contribution in [-0.2, 0) is 4.79 Å². The zero-order valence-electron chi connectivity index (χ0n) is 10.1. The van der Waals surface area contributed by atoms with Crippen molar-refractivity contribution in [3.63, 3.8) is 0 Å². The van der Waals surface area contributed by atoms with Crippen LogP contribution in [0.3, 0.4) is 0 Å². The zero-order chi connectivity index (χ0) is 12.0. The molecule has 16 heavy (non-hydrogen) atoms. The summed E-state index contributed by atoms with van der Waals surface area (Å²) in [7, 11) is 0. The molecule has 0 aromatic heterocycles. The highest BCUT2D eigenvalue weighted by atomic mass is 16.2. The molecule has 0 bridgehead atoms. The van der Waals surface area contributed by atoms with Crippen molar-refractivity contribution in [2.75, 3.05) is 13.1 Å². The van der Waals surface area contributed by atoms with Gasteiger partial charge in [-0.15, -0.1) is 6.42 Å². The first-order valence-electron chi connectivity index (χ1n) is 6.17. The van der Waals surface area contributed by atoms with Gasteiger partial charge in [-0.3, -0.25) is 4.79 Å². The fourth-order valence-corrected chi connectivity index (χ4v) is 2.66. The number of nitrogens with zero attached hydrogens (tertiary/aromatic N) is 1. The molecule has 0 aliphatic heterocycles. The third-order valence-corrected chi connectivity index (χ3v) is 3.49. The van der Waals surface area contributed by atoms with E-state index < -0.39 is 0 Å². The number of rotatable bonds is 4. The van der Waals surface area contributed by atoms with Crippen LogP contribution in [0.25, 0.3) is 0 Å². The quantitative estimate of drug-likeness (QED) is 0.730. The van der Waals surface area contributed by atoms with E-state index in [0.717, 1.165) is 19.4 Å². The van der Waals surface area contributed by atoms with Crippen molar-refractivity contribution in [2.24, 2.45) is 11.7 Å². The van der Waals surface area contributed by atoms with Crippen LogP contribution in [0.4, 0.5) is 0 Å². The van der Waals surface area contributed by atoms with Gasteiger partial charge in [0.2, 0.25) is 5.91 Å². The number of terminal acetylenes is 1. The minimum absolute atomic E-state index is 0.0790. The Morgan fingerprint density at radius 1 is 1.50 bits per heavy atom. The van der Waals surface area contributed by atoms with E-state index in [1.54, 1.807) is 0 Å². The normalized spacial score (nSPS) is 24.8. The number of hydrogen-bond acceptors (Lipinski definition) is 2. The van der Waals surface area contributed by atoms with Gasteiger partial charge in [-0.25, -0.2) is 0 Å². The second-order valence-corrected chi connectivity index (χ2v) is 4.41. The van der Waals surface area contributed by atoms with Crippen molar-refractivity contribution in [1.29, 1.82) is 0 Å². The van der Waals surface area contributed by atoms with E-state index >= 15 is 0 Å². The number of carbonyl (C=O) groups is 1. The Morgan fingerprint density at radius 2 is 2.19 bits per heavy atom. The highest BCUT2D eigenvalue weighted by molar-refractivity contribution is 5.78. The summed E-state index contributed by atoms with van der Waals surface area (Å²) in [6.45, 7) is 3.42. The molecule has 0 heterocycles. The SMILES string of the molecule is C#CCC(=O)N(CC)C1CCCCC1CN. The zero-order valence-corrected chi connectivity index (χ0v) is 10.1. The summed E-state index contributed by atoms with van der Waals surface area (Å²) >= 11 is 0. The van der Waals surface area contributed by atoms with Gasteiger partial charge in [-0.05, 0) is 32.2 Å². The molecule has 1 fully saturated rings. The Morgan fingerprint density at radius 3 is 2.75 bits per heavy atom. The Hall–Kier alpha value is -1.01. The summed E-state index contributed by atoms with van der Waals surface area (Å²) in [5.74, 6) is 2.96. The highest BCUT2D eigenvalue weighted by Crippen LogP contribution is 2.28. The van der Waals surface area contributed by atoms with E-state index in [2.05, 4.69) is 5.92 Å². The van der Waals surface area contributed by atoms with Crippen LogP contribution in [0.2, 0.25) is 0 Å². The largest absolute Gasteiger partial charge is 0.339 e. The van der Waals surface area contributed by atoms with Crippen LogP contribution in [0.1, 0.15) is 39.0 Å². The molecule has 90 valence electrons. The van der Waals surface area contributed by atoms with Gasteiger partial charge in [0.15, 0.2) is 0 Å². The van der Waals surface area contributed by atoms with Gasteiger partial charge in [0, 0.05) is 12.6 Å². The maximum atomic E-state index is 11.9. The lowest BCUT2D eigenvalue weighted by Crippen LogP contribution is -2.47. The summed E-state index contributed by atoms with van der Waals surface area (Å²) in [4.78, 5) is 13.8. The molecule has 2 N–H and O–H groups in total. The lowest BCUT2D eigenvalue weighted by atomic mass is 9.83. The topological polar surface area (TPSA) is 46.3 Å². The lowest BCUT2D eigenvalue weighted by molar-refractivity contribution is -0.134. The minimum Gasteiger partial charge on any atom is -0.339 e. The van der Waals surface area contributed by atoms with E-state index in [-0.39, 0.29) is 12.3 Å². The molecule has 2 atom stereocenters. The summed E-state index contributed by atoms with van der Waals surface area (Å²) in [6, 6.07) is 0.310. The molecule has 1 saturated carbocycles. The predicted molar refractivity (Wildman–Crippen MR) is 65.6 cm³/mol. The van der Waals surface area contributed by atoms with Crippen molar-refractivity contribution in [3.05, 3.63) is 0 Å². The predicted octanol–water partition coefficient (Wildman–Crippen LogP) is 1.38. The molecule has 0 saturated heterocycles. The van der Waals surface area contributed by atoms with E-state index in [1.807, 2.05) is 11.8 Å². The molecule has 0 aromatic carbocycles. The molecule has 0 radical (unpaired) electrons. The average molecular weight is 222 g/mol. The fraction of sp³-hybridized carbons (Fsp3) is 0.769. The Labute approximate surface area is 98.4 Å². The second-order valence-electron chi connectivity index (χ2n) is 4.41. The Bertz CT molecular complexity index is 270. The molecular formula is C13H22N2O. The van der Waals surface area contributed by atoms with Crippen molar-refractivity contribution in [1.82, 2.24) is 4.90 Å². The van der Waals surface area contributed by atoms with Gasteiger partial charge < -0.3 is 10.6 Å². The molecule has 1 aliphatic rings. The van der Waals surface area contributed by atoms with E-state index in [4.69, 9.17) is 12.2 Å². The molecule has 0 aromatic rings. The monoisotopic (exact) mass is 222 g/mol. The van der Waals surface area contributed by atoms with Gasteiger partial charge in [-0.1, -0.05) is 18.8 Å². The number of carbonyl (C=O) groups excluding carboxylic acids is 1. The summed E-state index contributed by atoms with van der Waals surface area (Å²) < 4.78 is 0. The van der Waals surface area contributed by atoms with Crippen molar-refractivity contribution in [2.45, 2.75) is 45.1 Å². The lowest BCUT2D eigenvalue weighted by Gasteiger charge is -2.39.